The molecule has 1 aliphatic rings. The highest BCUT2D eigenvalue weighted by molar-refractivity contribution is 9.10. The van der Waals surface area contributed by atoms with Crippen molar-refractivity contribution < 1.29 is 9.84 Å². The van der Waals surface area contributed by atoms with Crippen LogP contribution in [0.4, 0.5) is 0 Å². The molecule has 0 saturated carbocycles. The van der Waals surface area contributed by atoms with E-state index in [1.54, 1.807) is 0 Å². The lowest BCUT2D eigenvalue weighted by Gasteiger charge is -2.20. The summed E-state index contributed by atoms with van der Waals surface area (Å²) in [6.45, 7) is 3.81. The van der Waals surface area contributed by atoms with Gasteiger partial charge in [-0.15, -0.1) is 0 Å². The molecule has 0 bridgehead atoms. The van der Waals surface area contributed by atoms with Crippen LogP contribution in [0.3, 0.4) is 0 Å². The van der Waals surface area contributed by atoms with Gasteiger partial charge in [0.05, 0.1) is 18.8 Å². The average Bonchev–Trinajstić information content (AvgIpc) is 2.85. The lowest BCUT2D eigenvalue weighted by molar-refractivity contribution is 0.104. The number of aryl methyl sites for hydroxylation is 1. The van der Waals surface area contributed by atoms with E-state index in [-0.39, 0.29) is 12.6 Å². The van der Waals surface area contributed by atoms with Crippen molar-refractivity contribution in [3.63, 3.8) is 0 Å². The highest BCUT2D eigenvalue weighted by atomic mass is 79.9. The third kappa shape index (κ3) is 3.54. The number of aliphatic hydroxyl groups excluding tert-OH is 1. The Hall–Kier alpha value is -0.420. The van der Waals surface area contributed by atoms with Gasteiger partial charge in [0, 0.05) is 17.6 Å². The number of rotatable bonds is 5. The van der Waals surface area contributed by atoms with E-state index in [0.717, 1.165) is 36.0 Å². The minimum absolute atomic E-state index is 0.0378. The Morgan fingerprint density at radius 2 is 2.39 bits per heavy atom. The fourth-order valence-electron chi connectivity index (χ4n) is 2.27. The molecule has 18 heavy (non-hydrogen) atoms. The van der Waals surface area contributed by atoms with Gasteiger partial charge in [0.25, 0.3) is 0 Å². The van der Waals surface area contributed by atoms with Gasteiger partial charge < -0.3 is 15.2 Å². The Balaban J connectivity index is 1.98. The van der Waals surface area contributed by atoms with Gasteiger partial charge in [-0.25, -0.2) is 0 Å². The van der Waals surface area contributed by atoms with Crippen molar-refractivity contribution >= 4 is 15.9 Å². The van der Waals surface area contributed by atoms with Crippen LogP contribution in [0.1, 0.15) is 30.0 Å². The van der Waals surface area contributed by atoms with Gasteiger partial charge in [-0.05, 0) is 37.0 Å². The van der Waals surface area contributed by atoms with Crippen molar-refractivity contribution in [3.8, 4) is 0 Å². The molecule has 2 atom stereocenters. The first-order valence-electron chi connectivity index (χ1n) is 6.42. The Kier molecular flexibility index (Phi) is 5.18. The summed E-state index contributed by atoms with van der Waals surface area (Å²) in [6.07, 6.45) is 2.55. The maximum absolute atomic E-state index is 9.52. The Bertz CT molecular complexity index is 391. The highest BCUT2D eigenvalue weighted by Gasteiger charge is 2.19. The Labute approximate surface area is 117 Å². The maximum Gasteiger partial charge on any atom is 0.0700 e. The third-order valence-electron chi connectivity index (χ3n) is 3.33. The van der Waals surface area contributed by atoms with Crippen molar-refractivity contribution in [2.24, 2.45) is 0 Å². The molecule has 3 nitrogen and oxygen atoms in total. The lowest BCUT2D eigenvalue weighted by atomic mass is 10.1. The molecular formula is C14H20BrNO2. The van der Waals surface area contributed by atoms with Gasteiger partial charge in [-0.1, -0.05) is 28.1 Å². The third-order valence-corrected chi connectivity index (χ3v) is 4.02. The standard InChI is InChI=1S/C14H20BrNO2/c1-10-4-5-12(13(15)7-10)14(9-17)16-8-11-3-2-6-18-11/h4-5,7,11,14,16-17H,2-3,6,8-9H2,1H3. The van der Waals surface area contributed by atoms with Crippen molar-refractivity contribution in [1.82, 2.24) is 5.32 Å². The number of benzene rings is 1. The van der Waals surface area contributed by atoms with E-state index in [1.807, 2.05) is 0 Å². The largest absolute Gasteiger partial charge is 0.394 e. The Morgan fingerprint density at radius 1 is 1.56 bits per heavy atom. The second-order valence-corrected chi connectivity index (χ2v) is 5.66. The number of hydrogen-bond acceptors (Lipinski definition) is 3. The van der Waals surface area contributed by atoms with Crippen LogP contribution in [0.2, 0.25) is 0 Å². The van der Waals surface area contributed by atoms with Crippen LogP contribution in [-0.4, -0.2) is 31.0 Å². The van der Waals surface area contributed by atoms with Crippen molar-refractivity contribution in [2.45, 2.75) is 31.9 Å². The second kappa shape index (κ2) is 6.66. The summed E-state index contributed by atoms with van der Waals surface area (Å²) in [6, 6.07) is 6.16. The van der Waals surface area contributed by atoms with Crippen LogP contribution in [0.15, 0.2) is 22.7 Å². The predicted molar refractivity (Wildman–Crippen MR) is 75.7 cm³/mol. The number of ether oxygens (including phenoxy) is 1. The van der Waals surface area contributed by atoms with E-state index in [9.17, 15) is 5.11 Å². The minimum Gasteiger partial charge on any atom is -0.394 e. The van der Waals surface area contributed by atoms with Gasteiger partial charge in [0.1, 0.15) is 0 Å². The van der Waals surface area contributed by atoms with Crippen molar-refractivity contribution in [2.75, 3.05) is 19.8 Å². The van der Waals surface area contributed by atoms with Crippen LogP contribution < -0.4 is 5.32 Å². The van der Waals surface area contributed by atoms with E-state index in [2.05, 4.69) is 46.4 Å². The fraction of sp³-hybridized carbons (Fsp3) is 0.571. The molecule has 4 heteroatoms. The van der Waals surface area contributed by atoms with E-state index >= 15 is 0 Å². The zero-order chi connectivity index (χ0) is 13.0. The minimum atomic E-state index is -0.0378. The summed E-state index contributed by atoms with van der Waals surface area (Å²) >= 11 is 3.56. The van der Waals surface area contributed by atoms with E-state index < -0.39 is 0 Å². The summed E-state index contributed by atoms with van der Waals surface area (Å²) < 4.78 is 6.62. The van der Waals surface area contributed by atoms with Crippen LogP contribution in [0, 0.1) is 6.92 Å². The molecule has 1 aromatic rings. The first-order valence-corrected chi connectivity index (χ1v) is 7.22. The van der Waals surface area contributed by atoms with E-state index in [0.29, 0.717) is 6.10 Å². The summed E-state index contributed by atoms with van der Waals surface area (Å²) in [4.78, 5) is 0. The SMILES string of the molecule is Cc1ccc(C(CO)NCC2CCCO2)c(Br)c1. The molecule has 0 aliphatic carbocycles. The molecule has 1 fully saturated rings. The molecule has 100 valence electrons. The molecule has 2 unspecified atom stereocenters. The summed E-state index contributed by atoms with van der Waals surface area (Å²) in [5.74, 6) is 0. The second-order valence-electron chi connectivity index (χ2n) is 4.80. The molecule has 1 aliphatic heterocycles. The summed E-state index contributed by atoms with van der Waals surface area (Å²) in [5, 5.41) is 12.9. The van der Waals surface area contributed by atoms with Gasteiger partial charge >= 0.3 is 0 Å². The van der Waals surface area contributed by atoms with Crippen LogP contribution >= 0.6 is 15.9 Å². The number of aliphatic hydroxyl groups is 1. The number of hydrogen-bond donors (Lipinski definition) is 2. The number of halogens is 1. The van der Waals surface area contributed by atoms with Gasteiger partial charge in [-0.2, -0.15) is 0 Å². The topological polar surface area (TPSA) is 41.5 Å². The van der Waals surface area contributed by atoms with Crippen molar-refractivity contribution in [3.05, 3.63) is 33.8 Å². The van der Waals surface area contributed by atoms with Crippen molar-refractivity contribution in [1.29, 1.82) is 0 Å². The zero-order valence-corrected chi connectivity index (χ0v) is 12.2. The highest BCUT2D eigenvalue weighted by Crippen LogP contribution is 2.25. The molecule has 1 saturated heterocycles. The molecular weight excluding hydrogens is 294 g/mol. The molecule has 0 radical (unpaired) electrons. The first kappa shape index (κ1) is 14.0. The van der Waals surface area contributed by atoms with E-state index in [4.69, 9.17) is 4.74 Å². The monoisotopic (exact) mass is 313 g/mol. The van der Waals surface area contributed by atoms with Gasteiger partial charge in [0.2, 0.25) is 0 Å². The normalized spacial score (nSPS) is 21.2. The van der Waals surface area contributed by atoms with Crippen LogP contribution in [-0.2, 0) is 4.74 Å². The first-order chi connectivity index (χ1) is 8.70. The molecule has 1 heterocycles. The van der Waals surface area contributed by atoms with Gasteiger partial charge in [0.15, 0.2) is 0 Å². The summed E-state index contributed by atoms with van der Waals surface area (Å²) in [7, 11) is 0. The average molecular weight is 314 g/mol. The fourth-order valence-corrected chi connectivity index (χ4v) is 3.04. The maximum atomic E-state index is 9.52. The van der Waals surface area contributed by atoms with E-state index in [1.165, 1.54) is 5.56 Å². The predicted octanol–water partition coefficient (Wildman–Crippen LogP) is 2.56. The zero-order valence-electron chi connectivity index (χ0n) is 10.7. The van der Waals surface area contributed by atoms with Crippen LogP contribution in [0.5, 0.6) is 0 Å². The molecule has 0 amide bonds. The van der Waals surface area contributed by atoms with Crippen LogP contribution in [0.25, 0.3) is 0 Å². The molecule has 2 rings (SSSR count). The molecule has 2 N–H and O–H groups in total. The smallest absolute Gasteiger partial charge is 0.0700 e. The molecule has 0 aromatic heterocycles. The molecule has 0 spiro atoms. The lowest BCUT2D eigenvalue weighted by Crippen LogP contribution is -2.32. The summed E-state index contributed by atoms with van der Waals surface area (Å²) in [5.41, 5.74) is 2.31. The molecule has 1 aromatic carbocycles. The Morgan fingerprint density at radius 3 is 3.00 bits per heavy atom. The quantitative estimate of drug-likeness (QED) is 0.878. The number of nitrogens with one attached hydrogen (secondary N) is 1. The van der Waals surface area contributed by atoms with Gasteiger partial charge in [-0.3, -0.25) is 0 Å².